The van der Waals surface area contributed by atoms with E-state index in [1.54, 1.807) is 20.2 Å². The number of carbonyl (C=O) groups excluding carboxylic acids is 2. The van der Waals surface area contributed by atoms with Gasteiger partial charge in [-0.3, -0.25) is 9.79 Å². The molecule has 29 heavy (non-hydrogen) atoms. The first kappa shape index (κ1) is 24.3. The minimum atomic E-state index is -0.541. The fraction of sp³-hybridized carbons (Fsp3) is 0.571. The van der Waals surface area contributed by atoms with E-state index in [1.165, 1.54) is 0 Å². The Bertz CT molecular complexity index is 723. The van der Waals surface area contributed by atoms with E-state index in [0.29, 0.717) is 24.6 Å². The summed E-state index contributed by atoms with van der Waals surface area (Å²) in [5, 5.41) is 11.9. The number of nitrogens with zero attached hydrogens (tertiary/aromatic N) is 1. The summed E-state index contributed by atoms with van der Waals surface area (Å²) in [5.74, 6) is 0.531. The molecule has 8 heteroatoms. The van der Waals surface area contributed by atoms with Crippen LogP contribution in [-0.2, 0) is 11.2 Å². The van der Waals surface area contributed by atoms with E-state index in [9.17, 15) is 9.59 Å². The fourth-order valence-corrected chi connectivity index (χ4v) is 2.49. The summed E-state index contributed by atoms with van der Waals surface area (Å²) in [6.07, 6.45) is 0.286. The molecule has 8 nitrogen and oxygen atoms in total. The lowest BCUT2D eigenvalue weighted by Gasteiger charge is -2.29. The van der Waals surface area contributed by atoms with Crippen LogP contribution in [0.4, 0.5) is 4.79 Å². The molecular weight excluding hydrogens is 370 g/mol. The zero-order chi connectivity index (χ0) is 22.1. The SMILES string of the molecule is CN=C(NCCc1cccc(C(=O)NC)c1)NCC(C)(C)NC(=O)OC(C)(C)C. The van der Waals surface area contributed by atoms with Crippen LogP contribution < -0.4 is 21.3 Å². The molecule has 0 heterocycles. The second-order valence-electron chi connectivity index (χ2n) is 8.39. The molecule has 0 saturated carbocycles. The van der Waals surface area contributed by atoms with E-state index in [1.807, 2.05) is 52.8 Å². The number of rotatable bonds is 7. The second-order valence-corrected chi connectivity index (χ2v) is 8.39. The molecule has 0 saturated heterocycles. The van der Waals surface area contributed by atoms with Crippen LogP contribution in [0.15, 0.2) is 29.3 Å². The van der Waals surface area contributed by atoms with Gasteiger partial charge in [-0.15, -0.1) is 0 Å². The summed E-state index contributed by atoms with van der Waals surface area (Å²) in [7, 11) is 3.31. The van der Waals surface area contributed by atoms with Crippen molar-refractivity contribution < 1.29 is 14.3 Å². The molecule has 0 aliphatic heterocycles. The third-order valence-electron chi connectivity index (χ3n) is 3.88. The van der Waals surface area contributed by atoms with Crippen molar-refractivity contribution in [2.75, 3.05) is 27.2 Å². The van der Waals surface area contributed by atoms with Gasteiger partial charge < -0.3 is 26.0 Å². The molecule has 162 valence electrons. The lowest BCUT2D eigenvalue weighted by molar-refractivity contribution is 0.0473. The average Bonchev–Trinajstić information content (AvgIpc) is 2.61. The lowest BCUT2D eigenvalue weighted by Crippen LogP contribution is -2.54. The van der Waals surface area contributed by atoms with Crippen LogP contribution >= 0.6 is 0 Å². The first-order chi connectivity index (χ1) is 13.5. The number of hydrogen-bond donors (Lipinski definition) is 4. The molecule has 0 spiro atoms. The number of amides is 2. The van der Waals surface area contributed by atoms with Crippen molar-refractivity contribution in [3.05, 3.63) is 35.4 Å². The molecule has 0 radical (unpaired) electrons. The summed E-state index contributed by atoms with van der Waals surface area (Å²) in [6.45, 7) is 10.4. The second kappa shape index (κ2) is 10.7. The summed E-state index contributed by atoms with van der Waals surface area (Å²) in [6, 6.07) is 7.52. The minimum absolute atomic E-state index is 0.1000. The Hall–Kier alpha value is -2.77. The van der Waals surface area contributed by atoms with Crippen molar-refractivity contribution in [3.8, 4) is 0 Å². The van der Waals surface area contributed by atoms with Gasteiger partial charge in [-0.25, -0.2) is 4.79 Å². The monoisotopic (exact) mass is 405 g/mol. The number of alkyl carbamates (subject to hydrolysis) is 1. The van der Waals surface area contributed by atoms with E-state index in [4.69, 9.17) is 4.74 Å². The molecule has 0 bridgehead atoms. The Balaban J connectivity index is 2.48. The van der Waals surface area contributed by atoms with E-state index >= 15 is 0 Å². The van der Waals surface area contributed by atoms with Crippen molar-refractivity contribution in [2.24, 2.45) is 4.99 Å². The van der Waals surface area contributed by atoms with Crippen LogP contribution in [-0.4, -0.2) is 56.3 Å². The van der Waals surface area contributed by atoms with Gasteiger partial charge in [0.25, 0.3) is 5.91 Å². The predicted molar refractivity (Wildman–Crippen MR) is 116 cm³/mol. The number of ether oxygens (including phenoxy) is 1. The molecule has 0 unspecified atom stereocenters. The molecule has 4 N–H and O–H groups in total. The quantitative estimate of drug-likeness (QED) is 0.411. The average molecular weight is 406 g/mol. The van der Waals surface area contributed by atoms with Gasteiger partial charge >= 0.3 is 6.09 Å². The first-order valence-electron chi connectivity index (χ1n) is 9.72. The lowest BCUT2D eigenvalue weighted by atomic mass is 10.1. The highest BCUT2D eigenvalue weighted by atomic mass is 16.6. The van der Waals surface area contributed by atoms with Gasteiger partial charge in [-0.05, 0) is 58.7 Å². The van der Waals surface area contributed by atoms with Crippen LogP contribution in [0.25, 0.3) is 0 Å². The van der Waals surface area contributed by atoms with Gasteiger partial charge in [-0.2, -0.15) is 0 Å². The van der Waals surface area contributed by atoms with Crippen LogP contribution in [0.3, 0.4) is 0 Å². The van der Waals surface area contributed by atoms with E-state index in [-0.39, 0.29) is 5.91 Å². The molecule has 0 aromatic heterocycles. The summed E-state index contributed by atoms with van der Waals surface area (Å²) in [4.78, 5) is 27.9. The first-order valence-corrected chi connectivity index (χ1v) is 9.72. The van der Waals surface area contributed by atoms with Crippen molar-refractivity contribution in [3.63, 3.8) is 0 Å². The zero-order valence-corrected chi connectivity index (χ0v) is 18.6. The van der Waals surface area contributed by atoms with Gasteiger partial charge in [0.2, 0.25) is 0 Å². The number of hydrogen-bond acceptors (Lipinski definition) is 4. The Labute approximate surface area is 173 Å². The maximum atomic E-state index is 12.0. The number of guanidine groups is 1. The maximum Gasteiger partial charge on any atom is 0.408 e. The number of carbonyl (C=O) groups is 2. The highest BCUT2D eigenvalue weighted by Gasteiger charge is 2.24. The van der Waals surface area contributed by atoms with Gasteiger partial charge in [-0.1, -0.05) is 12.1 Å². The Morgan fingerprint density at radius 3 is 2.38 bits per heavy atom. The molecule has 2 amide bonds. The Kier molecular flexibility index (Phi) is 8.94. The zero-order valence-electron chi connectivity index (χ0n) is 18.6. The highest BCUT2D eigenvalue weighted by molar-refractivity contribution is 5.94. The Morgan fingerprint density at radius 1 is 1.10 bits per heavy atom. The van der Waals surface area contributed by atoms with Crippen molar-refractivity contribution >= 4 is 18.0 Å². The number of nitrogens with one attached hydrogen (secondary N) is 4. The molecule has 0 aliphatic rings. The van der Waals surface area contributed by atoms with Crippen LogP contribution in [0.5, 0.6) is 0 Å². The van der Waals surface area contributed by atoms with Gasteiger partial charge in [0.15, 0.2) is 5.96 Å². The number of aliphatic imine (C=N–C) groups is 1. The summed E-state index contributed by atoms with van der Waals surface area (Å²) < 4.78 is 5.30. The van der Waals surface area contributed by atoms with Crippen molar-refractivity contribution in [2.45, 2.75) is 52.2 Å². The normalized spacial score (nSPS) is 12.2. The predicted octanol–water partition coefficient (Wildman–Crippen LogP) is 2.06. The van der Waals surface area contributed by atoms with Crippen LogP contribution in [0.1, 0.15) is 50.5 Å². The van der Waals surface area contributed by atoms with Gasteiger partial charge in [0, 0.05) is 32.7 Å². The Morgan fingerprint density at radius 2 is 1.79 bits per heavy atom. The van der Waals surface area contributed by atoms with Crippen molar-refractivity contribution in [1.82, 2.24) is 21.3 Å². The molecule has 0 fully saturated rings. The summed E-state index contributed by atoms with van der Waals surface area (Å²) in [5.41, 5.74) is 0.630. The van der Waals surface area contributed by atoms with Gasteiger partial charge in [0.1, 0.15) is 5.60 Å². The highest BCUT2D eigenvalue weighted by Crippen LogP contribution is 2.09. The maximum absolute atomic E-state index is 12.0. The molecule has 0 atom stereocenters. The standard InChI is InChI=1S/C21H35N5O3/c1-20(2,3)29-19(28)26-21(4,5)14-25-18(23-7)24-12-11-15-9-8-10-16(13-15)17(27)22-6/h8-10,13H,11-12,14H2,1-7H3,(H,22,27)(H,26,28)(H2,23,24,25). The fourth-order valence-electron chi connectivity index (χ4n) is 2.49. The minimum Gasteiger partial charge on any atom is -0.444 e. The molecule has 1 aromatic rings. The summed E-state index contributed by atoms with van der Waals surface area (Å²) >= 11 is 0. The van der Waals surface area contributed by atoms with Gasteiger partial charge in [0.05, 0.1) is 5.54 Å². The smallest absolute Gasteiger partial charge is 0.408 e. The van der Waals surface area contributed by atoms with E-state index < -0.39 is 17.2 Å². The van der Waals surface area contributed by atoms with E-state index in [0.717, 1.165) is 12.0 Å². The molecule has 0 aliphatic carbocycles. The topological polar surface area (TPSA) is 104 Å². The molecular formula is C21H35N5O3. The molecule has 1 rings (SSSR count). The van der Waals surface area contributed by atoms with Crippen LogP contribution in [0, 0.1) is 0 Å². The largest absolute Gasteiger partial charge is 0.444 e. The van der Waals surface area contributed by atoms with E-state index in [2.05, 4.69) is 26.3 Å². The van der Waals surface area contributed by atoms with Crippen molar-refractivity contribution in [1.29, 1.82) is 0 Å². The third-order valence-corrected chi connectivity index (χ3v) is 3.88. The third kappa shape index (κ3) is 9.82. The number of benzene rings is 1. The molecule has 1 aromatic carbocycles. The van der Waals surface area contributed by atoms with Crippen LogP contribution in [0.2, 0.25) is 0 Å².